The van der Waals surface area contributed by atoms with Gasteiger partial charge in [-0.3, -0.25) is 4.79 Å². The van der Waals surface area contributed by atoms with Gasteiger partial charge in [-0.25, -0.2) is 4.79 Å². The van der Waals surface area contributed by atoms with Crippen molar-refractivity contribution in [3.05, 3.63) is 12.7 Å². The minimum absolute atomic E-state index is 0.0663. The highest BCUT2D eigenvalue weighted by Crippen LogP contribution is 2.23. The SMILES string of the molecule is C=CC(C)NC(=O)N1CC(C(C)C(=O)O)C1. The Balaban J connectivity index is 2.33. The molecule has 2 N–H and O–H groups in total. The Morgan fingerprint density at radius 1 is 1.50 bits per heavy atom. The lowest BCUT2D eigenvalue weighted by Gasteiger charge is -2.41. The van der Waals surface area contributed by atoms with Crippen molar-refractivity contribution in [3.63, 3.8) is 0 Å². The number of hydrogen-bond donors (Lipinski definition) is 2. The minimum Gasteiger partial charge on any atom is -0.481 e. The van der Waals surface area contributed by atoms with E-state index >= 15 is 0 Å². The summed E-state index contributed by atoms with van der Waals surface area (Å²) in [6.07, 6.45) is 1.65. The second-order valence-corrected chi connectivity index (χ2v) is 4.27. The van der Waals surface area contributed by atoms with Gasteiger partial charge in [0.2, 0.25) is 0 Å². The molecule has 0 aliphatic carbocycles. The predicted molar refractivity (Wildman–Crippen MR) is 60.1 cm³/mol. The Morgan fingerprint density at radius 3 is 2.50 bits per heavy atom. The maximum Gasteiger partial charge on any atom is 0.317 e. The molecule has 1 saturated heterocycles. The van der Waals surface area contributed by atoms with Crippen molar-refractivity contribution in [1.29, 1.82) is 0 Å². The summed E-state index contributed by atoms with van der Waals surface area (Å²) >= 11 is 0. The molecule has 0 saturated carbocycles. The lowest BCUT2D eigenvalue weighted by molar-refractivity contribution is -0.144. The van der Waals surface area contributed by atoms with Crippen LogP contribution in [0.15, 0.2) is 12.7 Å². The highest BCUT2D eigenvalue weighted by atomic mass is 16.4. The number of carbonyl (C=O) groups is 2. The first-order valence-corrected chi connectivity index (χ1v) is 5.36. The van der Waals surface area contributed by atoms with Gasteiger partial charge >= 0.3 is 12.0 Å². The number of nitrogens with zero attached hydrogens (tertiary/aromatic N) is 1. The van der Waals surface area contributed by atoms with Crippen molar-refractivity contribution in [2.45, 2.75) is 19.9 Å². The van der Waals surface area contributed by atoms with Crippen LogP contribution in [0, 0.1) is 11.8 Å². The third kappa shape index (κ3) is 2.74. The van der Waals surface area contributed by atoms with E-state index < -0.39 is 5.97 Å². The third-order valence-electron chi connectivity index (χ3n) is 3.00. The minimum atomic E-state index is -0.801. The van der Waals surface area contributed by atoms with Gasteiger partial charge in [0.25, 0.3) is 0 Å². The largest absolute Gasteiger partial charge is 0.481 e. The number of carbonyl (C=O) groups excluding carboxylic acids is 1. The van der Waals surface area contributed by atoms with Crippen LogP contribution >= 0.6 is 0 Å². The van der Waals surface area contributed by atoms with E-state index in [-0.39, 0.29) is 23.9 Å². The molecule has 1 aliphatic heterocycles. The zero-order valence-electron chi connectivity index (χ0n) is 9.64. The Labute approximate surface area is 95.1 Å². The van der Waals surface area contributed by atoms with Crippen molar-refractivity contribution in [3.8, 4) is 0 Å². The zero-order chi connectivity index (χ0) is 12.3. The third-order valence-corrected chi connectivity index (χ3v) is 3.00. The molecular formula is C11H18N2O3. The molecule has 2 unspecified atom stereocenters. The summed E-state index contributed by atoms with van der Waals surface area (Å²) in [4.78, 5) is 23.9. The standard InChI is InChI=1S/C11H18N2O3/c1-4-7(2)12-11(16)13-5-9(6-13)8(3)10(14)15/h4,7-9H,1,5-6H2,2-3H3,(H,12,16)(H,14,15). The number of urea groups is 1. The van der Waals surface area contributed by atoms with E-state index in [0.717, 1.165) is 0 Å². The van der Waals surface area contributed by atoms with Crippen molar-refractivity contribution in [2.75, 3.05) is 13.1 Å². The number of amides is 2. The monoisotopic (exact) mass is 226 g/mol. The molecule has 2 atom stereocenters. The molecule has 16 heavy (non-hydrogen) atoms. The number of rotatable bonds is 4. The van der Waals surface area contributed by atoms with Crippen molar-refractivity contribution < 1.29 is 14.7 Å². The first-order chi connectivity index (χ1) is 7.45. The number of aliphatic carboxylic acids is 1. The summed E-state index contributed by atoms with van der Waals surface area (Å²) in [5.41, 5.74) is 0. The van der Waals surface area contributed by atoms with E-state index in [9.17, 15) is 9.59 Å². The molecule has 2 amide bonds. The normalized spacial score (nSPS) is 19.5. The van der Waals surface area contributed by atoms with Gasteiger partial charge in [-0.15, -0.1) is 6.58 Å². The quantitative estimate of drug-likeness (QED) is 0.700. The van der Waals surface area contributed by atoms with Gasteiger partial charge in [-0.2, -0.15) is 0 Å². The molecule has 0 bridgehead atoms. The summed E-state index contributed by atoms with van der Waals surface area (Å²) in [5, 5.41) is 11.5. The number of carboxylic acid groups (broad SMARTS) is 1. The van der Waals surface area contributed by atoms with Crippen LogP contribution in [-0.2, 0) is 4.79 Å². The van der Waals surface area contributed by atoms with Crippen LogP contribution in [0.2, 0.25) is 0 Å². The average Bonchev–Trinajstić information content (AvgIpc) is 2.14. The Kier molecular flexibility index (Phi) is 3.93. The molecule has 1 aliphatic rings. The summed E-state index contributed by atoms with van der Waals surface area (Å²) in [5.74, 6) is -1.12. The smallest absolute Gasteiger partial charge is 0.317 e. The van der Waals surface area contributed by atoms with E-state index in [2.05, 4.69) is 11.9 Å². The highest BCUT2D eigenvalue weighted by molar-refractivity contribution is 5.76. The maximum absolute atomic E-state index is 11.6. The summed E-state index contributed by atoms with van der Waals surface area (Å²) in [7, 11) is 0. The summed E-state index contributed by atoms with van der Waals surface area (Å²) in [6, 6.07) is -0.218. The fraction of sp³-hybridized carbons (Fsp3) is 0.636. The van der Waals surface area contributed by atoms with E-state index in [1.54, 1.807) is 17.9 Å². The van der Waals surface area contributed by atoms with E-state index in [0.29, 0.717) is 13.1 Å². The number of carboxylic acids is 1. The molecule has 0 radical (unpaired) electrons. The number of likely N-dealkylation sites (tertiary alicyclic amines) is 1. The van der Waals surface area contributed by atoms with Crippen molar-refractivity contribution in [2.24, 2.45) is 11.8 Å². The van der Waals surface area contributed by atoms with Gasteiger partial charge in [0.15, 0.2) is 0 Å². The molecular weight excluding hydrogens is 208 g/mol. The van der Waals surface area contributed by atoms with Crippen LogP contribution < -0.4 is 5.32 Å². The van der Waals surface area contributed by atoms with Crippen LogP contribution in [0.1, 0.15) is 13.8 Å². The first-order valence-electron chi connectivity index (χ1n) is 5.36. The van der Waals surface area contributed by atoms with E-state index in [4.69, 9.17) is 5.11 Å². The Bertz CT molecular complexity index is 298. The molecule has 5 nitrogen and oxygen atoms in total. The van der Waals surface area contributed by atoms with Crippen LogP contribution in [-0.4, -0.2) is 41.1 Å². The highest BCUT2D eigenvalue weighted by Gasteiger charge is 2.37. The topological polar surface area (TPSA) is 69.6 Å². The van der Waals surface area contributed by atoms with Gasteiger partial charge in [0.05, 0.1) is 5.92 Å². The molecule has 0 aromatic carbocycles. The Hall–Kier alpha value is -1.52. The first kappa shape index (κ1) is 12.5. The number of hydrogen-bond acceptors (Lipinski definition) is 2. The molecule has 90 valence electrons. The molecule has 1 rings (SSSR count). The van der Waals surface area contributed by atoms with Crippen LogP contribution in [0.4, 0.5) is 4.79 Å². The molecule has 1 fully saturated rings. The van der Waals surface area contributed by atoms with Gasteiger partial charge < -0.3 is 15.3 Å². The second-order valence-electron chi connectivity index (χ2n) is 4.27. The second kappa shape index (κ2) is 5.01. The van der Waals surface area contributed by atoms with Gasteiger partial charge in [-0.1, -0.05) is 13.0 Å². The van der Waals surface area contributed by atoms with Crippen LogP contribution in [0.5, 0.6) is 0 Å². The fourth-order valence-corrected chi connectivity index (χ4v) is 1.54. The maximum atomic E-state index is 11.6. The fourth-order valence-electron chi connectivity index (χ4n) is 1.54. The summed E-state index contributed by atoms with van der Waals surface area (Å²) in [6.45, 7) is 8.12. The van der Waals surface area contributed by atoms with Gasteiger partial charge in [-0.05, 0) is 6.92 Å². The van der Waals surface area contributed by atoms with Crippen molar-refractivity contribution >= 4 is 12.0 Å². The van der Waals surface area contributed by atoms with Crippen LogP contribution in [0.3, 0.4) is 0 Å². The zero-order valence-corrected chi connectivity index (χ0v) is 9.64. The lowest BCUT2D eigenvalue weighted by atomic mass is 9.87. The molecule has 0 aromatic rings. The van der Waals surface area contributed by atoms with Gasteiger partial charge in [0, 0.05) is 25.0 Å². The predicted octanol–water partition coefficient (Wildman–Crippen LogP) is 0.923. The molecule has 0 aromatic heterocycles. The van der Waals surface area contributed by atoms with Crippen molar-refractivity contribution in [1.82, 2.24) is 10.2 Å². The molecule has 5 heteroatoms. The van der Waals surface area contributed by atoms with Gasteiger partial charge in [0.1, 0.15) is 0 Å². The Morgan fingerprint density at radius 2 is 2.06 bits per heavy atom. The van der Waals surface area contributed by atoms with E-state index in [1.165, 1.54) is 0 Å². The lowest BCUT2D eigenvalue weighted by Crippen LogP contribution is -2.57. The number of nitrogens with one attached hydrogen (secondary N) is 1. The summed E-state index contributed by atoms with van der Waals surface area (Å²) < 4.78 is 0. The van der Waals surface area contributed by atoms with E-state index in [1.807, 2.05) is 6.92 Å². The molecule has 1 heterocycles. The molecule has 0 spiro atoms. The van der Waals surface area contributed by atoms with Crippen LogP contribution in [0.25, 0.3) is 0 Å². The average molecular weight is 226 g/mol.